The molecule has 0 heterocycles. The predicted molar refractivity (Wildman–Crippen MR) is 61.6 cm³/mol. The fraction of sp³-hybridized carbons (Fsp3) is 0.300. The number of hydrogen-bond acceptors (Lipinski definition) is 5. The Morgan fingerprint density at radius 3 is 2.41 bits per heavy atom. The van der Waals surface area contributed by atoms with E-state index in [2.05, 4.69) is 5.32 Å². The molecule has 0 saturated carbocycles. The number of rotatable bonds is 4. The smallest absolute Gasteiger partial charge is 0.406 e. The summed E-state index contributed by atoms with van der Waals surface area (Å²) in [6.45, 7) is 1.46. The molecule has 0 bridgehead atoms. The van der Waals surface area contributed by atoms with Crippen molar-refractivity contribution in [3.8, 4) is 11.5 Å². The molecule has 1 rings (SSSR count). The Morgan fingerprint density at radius 2 is 1.88 bits per heavy atom. The molecule has 0 unspecified atom stereocenters. The van der Waals surface area contributed by atoms with Gasteiger partial charge in [0, 0.05) is 7.05 Å². The number of hydrogen-bond donors (Lipinski definition) is 1. The van der Waals surface area contributed by atoms with Gasteiger partial charge in [-0.1, -0.05) is 12.1 Å². The number of nitrogens with one attached hydrogen (secondary N) is 1. The first-order valence-corrected chi connectivity index (χ1v) is 6.47. The van der Waals surface area contributed by atoms with Crippen LogP contribution in [0.4, 0.5) is 4.79 Å². The lowest BCUT2D eigenvalue weighted by molar-refractivity contribution is 0.202. The molecule has 0 aliphatic rings. The van der Waals surface area contributed by atoms with E-state index in [1.807, 2.05) is 0 Å². The molecule has 94 valence electrons. The molecule has 0 saturated heterocycles. The minimum atomic E-state index is -3.65. The van der Waals surface area contributed by atoms with Crippen LogP contribution < -0.4 is 14.2 Å². The molecule has 0 spiro atoms. The van der Waals surface area contributed by atoms with Crippen LogP contribution in [0.1, 0.15) is 6.92 Å². The van der Waals surface area contributed by atoms with E-state index in [1.165, 1.54) is 26.1 Å². The minimum absolute atomic E-state index is 0.0158. The zero-order valence-corrected chi connectivity index (χ0v) is 10.3. The third-order valence-corrected chi connectivity index (χ3v) is 2.97. The Balaban J connectivity index is 2.96. The van der Waals surface area contributed by atoms with Crippen LogP contribution in [0.25, 0.3) is 0 Å². The minimum Gasteiger partial charge on any atom is -0.406 e. The summed E-state index contributed by atoms with van der Waals surface area (Å²) in [5.41, 5.74) is 0. The van der Waals surface area contributed by atoms with Gasteiger partial charge < -0.3 is 14.2 Å². The molecular formula is C10H13NO5S. The van der Waals surface area contributed by atoms with E-state index in [-0.39, 0.29) is 17.3 Å². The highest BCUT2D eigenvalue weighted by molar-refractivity contribution is 7.87. The lowest BCUT2D eigenvalue weighted by Crippen LogP contribution is -2.22. The molecule has 17 heavy (non-hydrogen) atoms. The van der Waals surface area contributed by atoms with E-state index >= 15 is 0 Å². The topological polar surface area (TPSA) is 81.7 Å². The van der Waals surface area contributed by atoms with Crippen LogP contribution in [0.2, 0.25) is 0 Å². The van der Waals surface area contributed by atoms with Crippen LogP contribution in [0.5, 0.6) is 11.5 Å². The number of benzene rings is 1. The maximum absolute atomic E-state index is 11.3. The molecule has 0 aromatic heterocycles. The van der Waals surface area contributed by atoms with Gasteiger partial charge >= 0.3 is 16.2 Å². The molecule has 0 fully saturated rings. The van der Waals surface area contributed by atoms with Crippen LogP contribution in [-0.4, -0.2) is 27.3 Å². The number of amides is 1. The number of carbonyl (C=O) groups excluding carboxylic acids is 1. The summed E-state index contributed by atoms with van der Waals surface area (Å²) < 4.78 is 32.2. The first-order valence-electron chi connectivity index (χ1n) is 4.89. The van der Waals surface area contributed by atoms with Crippen molar-refractivity contribution in [2.24, 2.45) is 0 Å². The average Bonchev–Trinajstić information content (AvgIpc) is 2.31. The molecule has 0 radical (unpaired) electrons. The third kappa shape index (κ3) is 3.95. The van der Waals surface area contributed by atoms with Crippen molar-refractivity contribution >= 4 is 16.2 Å². The lowest BCUT2D eigenvalue weighted by Gasteiger charge is -2.10. The van der Waals surface area contributed by atoms with E-state index in [1.54, 1.807) is 12.1 Å². The second-order valence-corrected chi connectivity index (χ2v) is 4.88. The molecule has 0 aliphatic carbocycles. The molecule has 1 amide bonds. The van der Waals surface area contributed by atoms with Gasteiger partial charge in [-0.3, -0.25) is 0 Å². The van der Waals surface area contributed by atoms with Gasteiger partial charge in [-0.2, -0.15) is 8.42 Å². The van der Waals surface area contributed by atoms with Crippen LogP contribution >= 0.6 is 0 Å². The van der Waals surface area contributed by atoms with Gasteiger partial charge in [-0.15, -0.1) is 0 Å². The summed E-state index contributed by atoms with van der Waals surface area (Å²) in [5, 5.41) is 2.25. The Labute approximate surface area is 99.7 Å². The second kappa shape index (κ2) is 5.53. The Kier molecular flexibility index (Phi) is 4.33. The molecule has 0 aliphatic heterocycles. The molecule has 6 nitrogen and oxygen atoms in total. The molecule has 1 aromatic carbocycles. The maximum Gasteiger partial charge on any atom is 0.412 e. The fourth-order valence-corrected chi connectivity index (χ4v) is 1.48. The van der Waals surface area contributed by atoms with Gasteiger partial charge in [0.2, 0.25) is 0 Å². The van der Waals surface area contributed by atoms with Crippen LogP contribution in [-0.2, 0) is 10.1 Å². The Bertz CT molecular complexity index is 497. The first-order chi connectivity index (χ1) is 7.98. The summed E-state index contributed by atoms with van der Waals surface area (Å²) in [7, 11) is -2.25. The normalized spacial score (nSPS) is 10.7. The van der Waals surface area contributed by atoms with E-state index in [9.17, 15) is 13.2 Å². The quantitative estimate of drug-likeness (QED) is 0.820. The summed E-state index contributed by atoms with van der Waals surface area (Å²) in [6.07, 6.45) is -0.699. The van der Waals surface area contributed by atoms with Crippen molar-refractivity contribution in [2.75, 3.05) is 12.8 Å². The standard InChI is InChI=1S/C10H13NO5S/c1-3-17(13,14)16-9-7-5-4-6-8(9)15-10(12)11-2/h4-7H,3H2,1-2H3,(H,11,12). The summed E-state index contributed by atoms with van der Waals surface area (Å²) in [6, 6.07) is 6.03. The third-order valence-electron chi connectivity index (χ3n) is 1.83. The summed E-state index contributed by atoms with van der Waals surface area (Å²) in [4.78, 5) is 11.0. The van der Waals surface area contributed by atoms with Gasteiger partial charge in [-0.25, -0.2) is 4.79 Å². The predicted octanol–water partition coefficient (Wildman–Crippen LogP) is 1.13. The van der Waals surface area contributed by atoms with Crippen LogP contribution in [0, 0.1) is 0 Å². The second-order valence-electron chi connectivity index (χ2n) is 3.02. The highest BCUT2D eigenvalue weighted by Gasteiger charge is 2.15. The number of para-hydroxylation sites is 2. The molecule has 7 heteroatoms. The van der Waals surface area contributed by atoms with Crippen molar-refractivity contribution in [3.05, 3.63) is 24.3 Å². The van der Waals surface area contributed by atoms with Crippen LogP contribution in [0.3, 0.4) is 0 Å². The van der Waals surface area contributed by atoms with Crippen molar-refractivity contribution in [1.29, 1.82) is 0 Å². The summed E-state index contributed by atoms with van der Waals surface area (Å²) >= 11 is 0. The Morgan fingerprint density at radius 1 is 1.29 bits per heavy atom. The molecule has 1 N–H and O–H groups in total. The summed E-state index contributed by atoms with van der Waals surface area (Å²) in [5.74, 6) is -0.136. The monoisotopic (exact) mass is 259 g/mol. The lowest BCUT2D eigenvalue weighted by atomic mass is 10.3. The van der Waals surface area contributed by atoms with Crippen molar-refractivity contribution in [2.45, 2.75) is 6.92 Å². The van der Waals surface area contributed by atoms with Gasteiger partial charge in [-0.05, 0) is 19.1 Å². The molecular weight excluding hydrogens is 246 g/mol. The zero-order valence-electron chi connectivity index (χ0n) is 9.47. The highest BCUT2D eigenvalue weighted by Crippen LogP contribution is 2.27. The zero-order chi connectivity index (χ0) is 12.9. The largest absolute Gasteiger partial charge is 0.412 e. The Hall–Kier alpha value is -1.76. The first kappa shape index (κ1) is 13.3. The molecule has 0 atom stereocenters. The van der Waals surface area contributed by atoms with Crippen molar-refractivity contribution in [3.63, 3.8) is 0 Å². The van der Waals surface area contributed by atoms with Gasteiger partial charge in [0.15, 0.2) is 11.5 Å². The van der Waals surface area contributed by atoms with Gasteiger partial charge in [0.05, 0.1) is 5.75 Å². The van der Waals surface area contributed by atoms with Crippen molar-refractivity contribution < 1.29 is 22.1 Å². The van der Waals surface area contributed by atoms with Crippen LogP contribution in [0.15, 0.2) is 24.3 Å². The van der Waals surface area contributed by atoms with Gasteiger partial charge in [0.1, 0.15) is 0 Å². The fourth-order valence-electron chi connectivity index (χ4n) is 0.950. The maximum atomic E-state index is 11.3. The van der Waals surface area contributed by atoms with Crippen molar-refractivity contribution in [1.82, 2.24) is 5.32 Å². The van der Waals surface area contributed by atoms with E-state index < -0.39 is 16.2 Å². The SMILES string of the molecule is CCS(=O)(=O)Oc1ccccc1OC(=O)NC. The molecule has 1 aromatic rings. The average molecular weight is 259 g/mol. The number of carbonyl (C=O) groups is 1. The highest BCUT2D eigenvalue weighted by atomic mass is 32.2. The van der Waals surface area contributed by atoms with E-state index in [0.717, 1.165) is 0 Å². The van der Waals surface area contributed by atoms with Gasteiger partial charge in [0.25, 0.3) is 0 Å². The number of ether oxygens (including phenoxy) is 1. The van der Waals surface area contributed by atoms with E-state index in [4.69, 9.17) is 8.92 Å². The van der Waals surface area contributed by atoms with E-state index in [0.29, 0.717) is 0 Å².